The van der Waals surface area contributed by atoms with Crippen LogP contribution < -0.4 is 5.73 Å². The fourth-order valence-electron chi connectivity index (χ4n) is 4.38. The maximum atomic E-state index is 13.1. The van der Waals surface area contributed by atoms with Gasteiger partial charge in [-0.05, 0) is 6.42 Å². The van der Waals surface area contributed by atoms with Crippen molar-refractivity contribution in [2.45, 2.75) is 44.8 Å². The fourth-order valence-corrected chi connectivity index (χ4v) is 4.53. The molecule has 1 aliphatic rings. The SMILES string of the molecule is CCCC[C@H]1c2nc(-c3ccccc3)c(-c3ccccc3)n2CCN1C(=O)[C@@H](N)CS. The van der Waals surface area contributed by atoms with Gasteiger partial charge in [-0.25, -0.2) is 4.98 Å². The van der Waals surface area contributed by atoms with Crippen molar-refractivity contribution in [2.24, 2.45) is 5.73 Å². The average molecular weight is 435 g/mol. The molecule has 0 radical (unpaired) electrons. The molecule has 0 spiro atoms. The number of unbranched alkanes of at least 4 members (excludes halogenated alkanes) is 1. The first-order chi connectivity index (χ1) is 15.2. The number of carbonyl (C=O) groups excluding carboxylic acids is 1. The third-order valence-corrected chi connectivity index (χ3v) is 6.35. The van der Waals surface area contributed by atoms with Crippen LogP contribution in [0, 0.1) is 0 Å². The number of thiol groups is 1. The summed E-state index contributed by atoms with van der Waals surface area (Å²) >= 11 is 4.25. The van der Waals surface area contributed by atoms with Crippen LogP contribution in [-0.2, 0) is 11.3 Å². The third kappa shape index (κ3) is 4.27. The van der Waals surface area contributed by atoms with Crippen LogP contribution in [0.3, 0.4) is 0 Å². The molecule has 2 atom stereocenters. The minimum Gasteiger partial charge on any atom is -0.329 e. The number of imidazole rings is 1. The Morgan fingerprint density at radius 1 is 1.10 bits per heavy atom. The molecule has 1 aliphatic heterocycles. The monoisotopic (exact) mass is 434 g/mol. The highest BCUT2D eigenvalue weighted by Crippen LogP contribution is 2.39. The van der Waals surface area contributed by atoms with E-state index in [2.05, 4.69) is 60.5 Å². The molecule has 2 N–H and O–H groups in total. The number of aromatic nitrogens is 2. The lowest BCUT2D eigenvalue weighted by molar-refractivity contribution is -0.136. The number of nitrogens with zero attached hydrogens (tertiary/aromatic N) is 3. The van der Waals surface area contributed by atoms with Gasteiger partial charge in [-0.3, -0.25) is 4.79 Å². The molecule has 0 aliphatic carbocycles. The Morgan fingerprint density at radius 3 is 2.35 bits per heavy atom. The first-order valence-electron chi connectivity index (χ1n) is 11.0. The lowest BCUT2D eigenvalue weighted by Gasteiger charge is -2.37. The van der Waals surface area contributed by atoms with Gasteiger partial charge < -0.3 is 15.2 Å². The van der Waals surface area contributed by atoms with E-state index in [1.54, 1.807) is 0 Å². The quantitative estimate of drug-likeness (QED) is 0.536. The van der Waals surface area contributed by atoms with Gasteiger partial charge >= 0.3 is 0 Å². The van der Waals surface area contributed by atoms with Crippen LogP contribution >= 0.6 is 12.6 Å². The van der Waals surface area contributed by atoms with Gasteiger partial charge in [0.2, 0.25) is 5.91 Å². The van der Waals surface area contributed by atoms with Gasteiger partial charge in [0.05, 0.1) is 23.5 Å². The van der Waals surface area contributed by atoms with E-state index in [0.717, 1.165) is 47.6 Å². The van der Waals surface area contributed by atoms with Gasteiger partial charge in [0, 0.05) is 30.0 Å². The number of hydrogen-bond donors (Lipinski definition) is 2. The first kappa shape index (κ1) is 21.7. The summed E-state index contributed by atoms with van der Waals surface area (Å²) in [6, 6.07) is 20.0. The van der Waals surface area contributed by atoms with Crippen LogP contribution in [0.4, 0.5) is 0 Å². The van der Waals surface area contributed by atoms with Crippen LogP contribution in [0.15, 0.2) is 60.7 Å². The molecule has 0 saturated heterocycles. The van der Waals surface area contributed by atoms with E-state index in [4.69, 9.17) is 10.7 Å². The Balaban J connectivity index is 1.86. The zero-order chi connectivity index (χ0) is 21.8. The second-order valence-corrected chi connectivity index (χ2v) is 8.39. The Hall–Kier alpha value is -2.57. The van der Waals surface area contributed by atoms with Crippen LogP contribution in [0.1, 0.15) is 38.1 Å². The number of hydrogen-bond acceptors (Lipinski definition) is 4. The molecule has 0 saturated carbocycles. The maximum absolute atomic E-state index is 13.1. The van der Waals surface area contributed by atoms with E-state index in [0.29, 0.717) is 18.8 Å². The summed E-state index contributed by atoms with van der Waals surface area (Å²) in [6.45, 7) is 3.50. The molecule has 31 heavy (non-hydrogen) atoms. The summed E-state index contributed by atoms with van der Waals surface area (Å²) in [7, 11) is 0. The van der Waals surface area contributed by atoms with Crippen molar-refractivity contribution in [3.63, 3.8) is 0 Å². The van der Waals surface area contributed by atoms with E-state index >= 15 is 0 Å². The first-order valence-corrected chi connectivity index (χ1v) is 11.7. The molecular weight excluding hydrogens is 404 g/mol. The van der Waals surface area contributed by atoms with E-state index < -0.39 is 6.04 Å². The number of carbonyl (C=O) groups is 1. The van der Waals surface area contributed by atoms with Gasteiger partial charge in [0.15, 0.2) is 0 Å². The smallest absolute Gasteiger partial charge is 0.241 e. The van der Waals surface area contributed by atoms with Crippen molar-refractivity contribution in [1.29, 1.82) is 0 Å². The molecule has 4 rings (SSSR count). The van der Waals surface area contributed by atoms with Gasteiger partial charge in [-0.2, -0.15) is 12.6 Å². The van der Waals surface area contributed by atoms with Gasteiger partial charge in [0.25, 0.3) is 0 Å². The largest absolute Gasteiger partial charge is 0.329 e. The van der Waals surface area contributed by atoms with E-state index in [9.17, 15) is 4.79 Å². The van der Waals surface area contributed by atoms with Crippen molar-refractivity contribution in [3.8, 4) is 22.5 Å². The minimum absolute atomic E-state index is 0.0344. The van der Waals surface area contributed by atoms with Gasteiger partial charge in [-0.1, -0.05) is 80.4 Å². The summed E-state index contributed by atoms with van der Waals surface area (Å²) in [5.41, 5.74) is 10.4. The van der Waals surface area contributed by atoms with Crippen LogP contribution in [-0.4, -0.2) is 38.7 Å². The van der Waals surface area contributed by atoms with Crippen LogP contribution in [0.25, 0.3) is 22.5 Å². The zero-order valence-electron chi connectivity index (χ0n) is 17.9. The number of amides is 1. The van der Waals surface area contributed by atoms with Crippen molar-refractivity contribution >= 4 is 18.5 Å². The van der Waals surface area contributed by atoms with Crippen molar-refractivity contribution in [1.82, 2.24) is 14.5 Å². The van der Waals surface area contributed by atoms with Gasteiger partial charge in [0.1, 0.15) is 5.82 Å². The summed E-state index contributed by atoms with van der Waals surface area (Å²) in [4.78, 5) is 20.2. The molecule has 0 fully saturated rings. The highest BCUT2D eigenvalue weighted by atomic mass is 32.1. The number of nitrogens with two attached hydrogens (primary N) is 1. The lowest BCUT2D eigenvalue weighted by Crippen LogP contribution is -2.50. The summed E-state index contributed by atoms with van der Waals surface area (Å²) in [5.74, 6) is 1.26. The molecule has 3 aromatic rings. The highest BCUT2D eigenvalue weighted by Gasteiger charge is 2.36. The molecular formula is C25H30N4OS. The standard InChI is InChI=1S/C25H30N4OS/c1-2-3-14-21-24-27-22(18-10-6-4-7-11-18)23(19-12-8-5-9-13-19)29(24)16-15-28(21)25(30)20(26)17-31/h4-13,20-21,31H,2-3,14-17,26H2,1H3/t20-,21-/m0/s1. The number of rotatable bonds is 7. The van der Waals surface area contributed by atoms with Crippen molar-refractivity contribution in [3.05, 3.63) is 66.5 Å². The van der Waals surface area contributed by atoms with Crippen LogP contribution in [0.5, 0.6) is 0 Å². The highest BCUT2D eigenvalue weighted by molar-refractivity contribution is 7.80. The second kappa shape index (κ2) is 9.71. The van der Waals surface area contributed by atoms with E-state index in [1.807, 2.05) is 29.2 Å². The topological polar surface area (TPSA) is 64.2 Å². The average Bonchev–Trinajstić information content (AvgIpc) is 3.22. The summed E-state index contributed by atoms with van der Waals surface area (Å²) in [5, 5.41) is 0. The minimum atomic E-state index is -0.587. The zero-order valence-corrected chi connectivity index (χ0v) is 18.8. The van der Waals surface area contributed by atoms with Crippen LogP contribution in [0.2, 0.25) is 0 Å². The Labute approximate surface area is 189 Å². The predicted octanol–water partition coefficient (Wildman–Crippen LogP) is 4.55. The molecule has 162 valence electrons. The van der Waals surface area contributed by atoms with Crippen molar-refractivity contribution < 1.29 is 4.79 Å². The van der Waals surface area contributed by atoms with E-state index in [1.165, 1.54) is 0 Å². The van der Waals surface area contributed by atoms with Gasteiger partial charge in [-0.15, -0.1) is 0 Å². The number of fused-ring (bicyclic) bond motifs is 1. The van der Waals surface area contributed by atoms with E-state index in [-0.39, 0.29) is 11.9 Å². The molecule has 6 heteroatoms. The van der Waals surface area contributed by atoms with Crippen molar-refractivity contribution in [2.75, 3.05) is 12.3 Å². The molecule has 5 nitrogen and oxygen atoms in total. The molecule has 0 bridgehead atoms. The third-order valence-electron chi connectivity index (χ3n) is 5.96. The predicted molar refractivity (Wildman–Crippen MR) is 129 cm³/mol. The molecule has 1 amide bonds. The summed E-state index contributed by atoms with van der Waals surface area (Å²) in [6.07, 6.45) is 2.97. The number of benzene rings is 2. The summed E-state index contributed by atoms with van der Waals surface area (Å²) < 4.78 is 2.31. The Bertz CT molecular complexity index is 1020. The normalized spacial score (nSPS) is 16.7. The maximum Gasteiger partial charge on any atom is 0.241 e. The Kier molecular flexibility index (Phi) is 6.78. The molecule has 0 unspecified atom stereocenters. The Morgan fingerprint density at radius 2 is 1.74 bits per heavy atom. The fraction of sp³-hybridized carbons (Fsp3) is 0.360. The lowest BCUT2D eigenvalue weighted by atomic mass is 10.0. The molecule has 2 aromatic carbocycles. The molecule has 1 aromatic heterocycles. The second-order valence-electron chi connectivity index (χ2n) is 8.03. The molecule has 2 heterocycles.